The Morgan fingerprint density at radius 1 is 1.35 bits per heavy atom. The van der Waals surface area contributed by atoms with Gasteiger partial charge in [0.2, 0.25) is 5.95 Å². The summed E-state index contributed by atoms with van der Waals surface area (Å²) in [5, 5.41) is 2.55. The van der Waals surface area contributed by atoms with Crippen LogP contribution in [-0.2, 0) is 0 Å². The first-order valence-electron chi connectivity index (χ1n) is 4.83. The molecule has 3 N–H and O–H groups in total. The molecule has 0 bridgehead atoms. The quantitative estimate of drug-likeness (QED) is 0.773. The lowest BCUT2D eigenvalue weighted by atomic mass is 10.3. The lowest BCUT2D eigenvalue weighted by Crippen LogP contribution is -2.16. The van der Waals surface area contributed by atoms with E-state index in [1.165, 1.54) is 18.6 Å². The van der Waals surface area contributed by atoms with E-state index in [0.717, 1.165) is 0 Å². The number of aromatic nitrogens is 4. The molecule has 7 heteroatoms. The van der Waals surface area contributed by atoms with Crippen molar-refractivity contribution in [3.05, 3.63) is 36.0 Å². The molecule has 7 nitrogen and oxygen atoms in total. The van der Waals surface area contributed by atoms with Crippen LogP contribution in [0.4, 0.5) is 11.8 Å². The molecule has 1 amide bonds. The summed E-state index contributed by atoms with van der Waals surface area (Å²) in [4.78, 5) is 27.3. The molecule has 0 aromatic carbocycles. The maximum absolute atomic E-state index is 11.8. The third kappa shape index (κ3) is 2.71. The Labute approximate surface area is 97.1 Å². The number of nitrogen functional groups attached to an aromatic ring is 1. The van der Waals surface area contributed by atoms with Crippen LogP contribution in [0, 0.1) is 6.92 Å². The van der Waals surface area contributed by atoms with Gasteiger partial charge in [0.15, 0.2) is 5.82 Å². The van der Waals surface area contributed by atoms with Crippen LogP contribution in [0.2, 0.25) is 0 Å². The zero-order valence-corrected chi connectivity index (χ0v) is 9.08. The van der Waals surface area contributed by atoms with E-state index in [9.17, 15) is 4.79 Å². The molecule has 0 saturated carbocycles. The molecule has 0 spiro atoms. The highest BCUT2D eigenvalue weighted by Gasteiger charge is 2.10. The summed E-state index contributed by atoms with van der Waals surface area (Å²) in [6, 6.07) is 1.54. The van der Waals surface area contributed by atoms with Gasteiger partial charge in [-0.2, -0.15) is 0 Å². The van der Waals surface area contributed by atoms with Gasteiger partial charge in [-0.25, -0.2) is 15.0 Å². The van der Waals surface area contributed by atoms with Crippen LogP contribution in [0.1, 0.15) is 16.2 Å². The Balaban J connectivity index is 2.20. The Morgan fingerprint density at radius 2 is 2.18 bits per heavy atom. The van der Waals surface area contributed by atoms with Crippen molar-refractivity contribution in [1.29, 1.82) is 0 Å². The van der Waals surface area contributed by atoms with Crippen LogP contribution in [0.3, 0.4) is 0 Å². The van der Waals surface area contributed by atoms with Gasteiger partial charge in [-0.15, -0.1) is 0 Å². The molecule has 2 aromatic heterocycles. The van der Waals surface area contributed by atoms with Crippen molar-refractivity contribution in [2.75, 3.05) is 11.1 Å². The Kier molecular flexibility index (Phi) is 2.91. The number of nitrogens with zero attached hydrogens (tertiary/aromatic N) is 4. The second-order valence-corrected chi connectivity index (χ2v) is 3.30. The summed E-state index contributed by atoms with van der Waals surface area (Å²) in [6.07, 6.45) is 4.44. The van der Waals surface area contributed by atoms with E-state index in [4.69, 9.17) is 5.73 Å². The number of hydrogen-bond acceptors (Lipinski definition) is 6. The van der Waals surface area contributed by atoms with Crippen molar-refractivity contribution < 1.29 is 4.79 Å². The number of hydrogen-bond donors (Lipinski definition) is 2. The lowest BCUT2D eigenvalue weighted by molar-refractivity contribution is 0.102. The summed E-state index contributed by atoms with van der Waals surface area (Å²) in [5.41, 5.74) is 6.28. The summed E-state index contributed by atoms with van der Waals surface area (Å²) < 4.78 is 0. The van der Waals surface area contributed by atoms with Crippen molar-refractivity contribution in [2.45, 2.75) is 6.92 Å². The Hall–Kier alpha value is -2.57. The fraction of sp³-hybridized carbons (Fsp3) is 0.100. The maximum Gasteiger partial charge on any atom is 0.275 e. The first-order valence-corrected chi connectivity index (χ1v) is 4.83. The van der Waals surface area contributed by atoms with Crippen LogP contribution in [0.5, 0.6) is 0 Å². The van der Waals surface area contributed by atoms with Gasteiger partial charge in [-0.05, 0) is 13.0 Å². The highest BCUT2D eigenvalue weighted by molar-refractivity contribution is 6.02. The molecular weight excluding hydrogens is 220 g/mol. The monoisotopic (exact) mass is 230 g/mol. The summed E-state index contributed by atoms with van der Waals surface area (Å²) >= 11 is 0. The zero-order chi connectivity index (χ0) is 12.3. The molecule has 86 valence electrons. The molecule has 17 heavy (non-hydrogen) atoms. The van der Waals surface area contributed by atoms with Crippen molar-refractivity contribution in [2.24, 2.45) is 0 Å². The van der Waals surface area contributed by atoms with Crippen molar-refractivity contribution in [1.82, 2.24) is 19.9 Å². The molecule has 0 aliphatic carbocycles. The largest absolute Gasteiger partial charge is 0.368 e. The molecule has 2 rings (SSSR count). The van der Waals surface area contributed by atoms with Gasteiger partial charge in [0.05, 0.1) is 6.20 Å². The SMILES string of the molecule is Cc1cc(C(=O)Nc2cnccn2)nc(N)n1. The first kappa shape index (κ1) is 10.9. The lowest BCUT2D eigenvalue weighted by Gasteiger charge is -2.04. The first-order chi connectivity index (χ1) is 8.15. The number of carbonyl (C=O) groups excluding carboxylic acids is 1. The number of nitrogens with two attached hydrogens (primary N) is 1. The zero-order valence-electron chi connectivity index (χ0n) is 9.08. The second kappa shape index (κ2) is 4.52. The normalized spacial score (nSPS) is 9.94. The highest BCUT2D eigenvalue weighted by atomic mass is 16.1. The molecular formula is C10H10N6O. The van der Waals surface area contributed by atoms with Crippen LogP contribution >= 0.6 is 0 Å². The van der Waals surface area contributed by atoms with E-state index in [1.54, 1.807) is 13.0 Å². The van der Waals surface area contributed by atoms with Gasteiger partial charge in [-0.1, -0.05) is 0 Å². The van der Waals surface area contributed by atoms with Crippen molar-refractivity contribution in [3.8, 4) is 0 Å². The molecule has 2 aromatic rings. The topological polar surface area (TPSA) is 107 Å². The van der Waals surface area contributed by atoms with Crippen molar-refractivity contribution >= 4 is 17.7 Å². The average Bonchev–Trinajstić information content (AvgIpc) is 2.29. The predicted molar refractivity (Wildman–Crippen MR) is 61.2 cm³/mol. The Bertz CT molecular complexity index is 521. The summed E-state index contributed by atoms with van der Waals surface area (Å²) in [7, 11) is 0. The average molecular weight is 230 g/mol. The summed E-state index contributed by atoms with van der Waals surface area (Å²) in [5.74, 6) is 0.0179. The smallest absolute Gasteiger partial charge is 0.275 e. The van der Waals surface area contributed by atoms with Gasteiger partial charge >= 0.3 is 0 Å². The van der Waals surface area contributed by atoms with Gasteiger partial charge in [0.25, 0.3) is 5.91 Å². The number of anilines is 2. The fourth-order valence-corrected chi connectivity index (χ4v) is 1.25. The van der Waals surface area contributed by atoms with Gasteiger partial charge in [-0.3, -0.25) is 9.78 Å². The van der Waals surface area contributed by atoms with Gasteiger partial charge in [0.1, 0.15) is 5.69 Å². The van der Waals surface area contributed by atoms with Crippen LogP contribution in [0.25, 0.3) is 0 Å². The number of carbonyl (C=O) groups is 1. The molecule has 0 saturated heterocycles. The van der Waals surface area contributed by atoms with Crippen LogP contribution in [0.15, 0.2) is 24.7 Å². The van der Waals surface area contributed by atoms with Crippen molar-refractivity contribution in [3.63, 3.8) is 0 Å². The minimum absolute atomic E-state index is 0.0642. The molecule has 0 atom stereocenters. The third-order valence-corrected chi connectivity index (χ3v) is 1.91. The number of amides is 1. The summed E-state index contributed by atoms with van der Waals surface area (Å²) in [6.45, 7) is 1.73. The molecule has 0 fully saturated rings. The number of nitrogens with one attached hydrogen (secondary N) is 1. The number of rotatable bonds is 2. The number of aryl methyl sites for hydroxylation is 1. The van der Waals surface area contributed by atoms with E-state index >= 15 is 0 Å². The highest BCUT2D eigenvalue weighted by Crippen LogP contribution is 2.05. The minimum atomic E-state index is -0.400. The second-order valence-electron chi connectivity index (χ2n) is 3.30. The van der Waals surface area contributed by atoms with E-state index < -0.39 is 5.91 Å². The maximum atomic E-state index is 11.8. The van der Waals surface area contributed by atoms with Gasteiger partial charge < -0.3 is 11.1 Å². The van der Waals surface area contributed by atoms with E-state index in [0.29, 0.717) is 11.5 Å². The molecule has 0 radical (unpaired) electrons. The van der Waals surface area contributed by atoms with Crippen LogP contribution in [-0.4, -0.2) is 25.8 Å². The van der Waals surface area contributed by atoms with Crippen LogP contribution < -0.4 is 11.1 Å². The predicted octanol–water partition coefficient (Wildman–Crippen LogP) is 0.410. The molecule has 0 unspecified atom stereocenters. The standard InChI is InChI=1S/C10H10N6O/c1-6-4-7(15-10(11)14-6)9(17)16-8-5-12-2-3-13-8/h2-5H,1H3,(H2,11,14,15)(H,13,16,17). The Morgan fingerprint density at radius 3 is 2.82 bits per heavy atom. The molecule has 0 aliphatic heterocycles. The van der Waals surface area contributed by atoms with E-state index in [-0.39, 0.29) is 11.6 Å². The minimum Gasteiger partial charge on any atom is -0.368 e. The van der Waals surface area contributed by atoms with E-state index in [2.05, 4.69) is 25.3 Å². The molecule has 0 aliphatic rings. The third-order valence-electron chi connectivity index (χ3n) is 1.91. The van der Waals surface area contributed by atoms with E-state index in [1.807, 2.05) is 0 Å². The molecule has 2 heterocycles. The fourth-order valence-electron chi connectivity index (χ4n) is 1.25. The van der Waals surface area contributed by atoms with Gasteiger partial charge in [0, 0.05) is 18.1 Å².